The van der Waals surface area contributed by atoms with Crippen LogP contribution in [0.4, 0.5) is 0 Å². The Kier molecular flexibility index (Phi) is 4.15. The van der Waals surface area contributed by atoms with E-state index < -0.39 is 0 Å². The van der Waals surface area contributed by atoms with E-state index in [-0.39, 0.29) is 0 Å². The lowest BCUT2D eigenvalue weighted by Crippen LogP contribution is -1.99. The van der Waals surface area contributed by atoms with E-state index in [2.05, 4.69) is 107 Å². The zero-order valence-corrected chi connectivity index (χ0v) is 22.4. The Morgan fingerprint density at radius 3 is 2.21 bits per heavy atom. The van der Waals surface area contributed by atoms with Crippen LogP contribution in [0.25, 0.3) is 93.7 Å². The van der Waals surface area contributed by atoms with Crippen molar-refractivity contribution in [2.45, 2.75) is 0 Å². The average molecular weight is 536 g/mol. The Morgan fingerprint density at radius 1 is 0.500 bits per heavy atom. The maximum absolute atomic E-state index is 6.09. The van der Waals surface area contributed by atoms with E-state index >= 15 is 0 Å². The van der Waals surface area contributed by atoms with Crippen LogP contribution in [0.2, 0.25) is 0 Å². The van der Waals surface area contributed by atoms with Crippen LogP contribution in [0.3, 0.4) is 0 Å². The normalized spacial score (nSPS) is 12.3. The smallest absolute Gasteiger partial charge is 0.145 e. The Morgan fingerprint density at radius 2 is 1.26 bits per heavy atom. The SMILES string of the molecule is c1ccc2c(c1)oc1ccc(-c3ccc4c(c3)c3ccccc3n4-c3ncc4c5c(cccc35)-c3cnccc3-4)cc12. The number of pyridine rings is 2. The molecule has 0 spiro atoms. The highest BCUT2D eigenvalue weighted by molar-refractivity contribution is 6.18. The van der Waals surface area contributed by atoms with E-state index in [1.165, 1.54) is 49.5 Å². The number of rotatable bonds is 2. The molecule has 5 aromatic carbocycles. The zero-order chi connectivity index (χ0) is 27.4. The van der Waals surface area contributed by atoms with Gasteiger partial charge in [-0.2, -0.15) is 0 Å². The van der Waals surface area contributed by atoms with Crippen LogP contribution in [0.15, 0.2) is 132 Å². The Hall–Kier alpha value is -5.74. The first-order valence-electron chi connectivity index (χ1n) is 14.2. The molecule has 0 saturated carbocycles. The molecule has 0 N–H and O–H groups in total. The summed E-state index contributed by atoms with van der Waals surface area (Å²) in [7, 11) is 0. The van der Waals surface area contributed by atoms with Gasteiger partial charge >= 0.3 is 0 Å². The molecule has 4 heteroatoms. The summed E-state index contributed by atoms with van der Waals surface area (Å²) in [5.41, 5.74) is 11.2. The molecule has 0 atom stereocenters. The quantitative estimate of drug-likeness (QED) is 0.221. The fourth-order valence-electron chi connectivity index (χ4n) is 7.03. The summed E-state index contributed by atoms with van der Waals surface area (Å²) < 4.78 is 8.41. The minimum atomic E-state index is 0.911. The second-order valence-electron chi connectivity index (χ2n) is 11.0. The summed E-state index contributed by atoms with van der Waals surface area (Å²) in [6, 6.07) is 38.8. The van der Waals surface area contributed by atoms with Crippen LogP contribution in [0.1, 0.15) is 0 Å². The molecule has 0 amide bonds. The largest absolute Gasteiger partial charge is 0.456 e. The van der Waals surface area contributed by atoms with Crippen LogP contribution in [-0.2, 0) is 0 Å². The predicted octanol–water partition coefficient (Wildman–Crippen LogP) is 9.94. The number of benzene rings is 5. The molecule has 0 aliphatic heterocycles. The van der Waals surface area contributed by atoms with Crippen molar-refractivity contribution in [1.82, 2.24) is 14.5 Å². The van der Waals surface area contributed by atoms with Gasteiger partial charge in [0.1, 0.15) is 17.0 Å². The van der Waals surface area contributed by atoms with Gasteiger partial charge in [0.25, 0.3) is 0 Å². The number of hydrogen-bond donors (Lipinski definition) is 0. The number of furan rings is 1. The van der Waals surface area contributed by atoms with Gasteiger partial charge in [0, 0.05) is 62.0 Å². The van der Waals surface area contributed by atoms with Crippen molar-refractivity contribution in [3.05, 3.63) is 128 Å². The summed E-state index contributed by atoms with van der Waals surface area (Å²) in [6.45, 7) is 0. The van der Waals surface area contributed by atoms with Crippen LogP contribution in [-0.4, -0.2) is 14.5 Å². The third kappa shape index (κ3) is 2.80. The Labute approximate surface area is 240 Å². The molecule has 1 aliphatic rings. The van der Waals surface area contributed by atoms with Crippen LogP contribution < -0.4 is 0 Å². The number of aromatic nitrogens is 3. The highest BCUT2D eigenvalue weighted by Gasteiger charge is 2.25. The van der Waals surface area contributed by atoms with Crippen LogP contribution >= 0.6 is 0 Å². The molecule has 1 aliphatic carbocycles. The maximum Gasteiger partial charge on any atom is 0.145 e. The molecule has 0 saturated heterocycles. The van der Waals surface area contributed by atoms with Gasteiger partial charge < -0.3 is 4.42 Å². The molecule has 194 valence electrons. The molecule has 0 bridgehead atoms. The van der Waals surface area contributed by atoms with Crippen LogP contribution in [0, 0.1) is 0 Å². The third-order valence-electron chi connectivity index (χ3n) is 8.89. The van der Waals surface area contributed by atoms with Gasteiger partial charge in [-0.3, -0.25) is 9.55 Å². The Bertz CT molecular complexity index is 2560. The number of hydrogen-bond acceptors (Lipinski definition) is 3. The summed E-state index contributed by atoms with van der Waals surface area (Å²) >= 11 is 0. The van der Waals surface area contributed by atoms with E-state index in [4.69, 9.17) is 9.40 Å². The lowest BCUT2D eigenvalue weighted by atomic mass is 10.0. The monoisotopic (exact) mass is 535 g/mol. The average Bonchev–Trinajstić information content (AvgIpc) is 3.70. The summed E-state index contributed by atoms with van der Waals surface area (Å²) in [4.78, 5) is 9.53. The lowest BCUT2D eigenvalue weighted by molar-refractivity contribution is 0.669. The van der Waals surface area contributed by atoms with Gasteiger partial charge in [-0.15, -0.1) is 0 Å². The van der Waals surface area contributed by atoms with Crippen molar-refractivity contribution < 1.29 is 4.42 Å². The van der Waals surface area contributed by atoms with Crippen molar-refractivity contribution >= 4 is 54.5 Å². The highest BCUT2D eigenvalue weighted by atomic mass is 16.3. The molecular formula is C38H21N3O. The molecule has 10 rings (SSSR count). The first-order valence-corrected chi connectivity index (χ1v) is 14.2. The van der Waals surface area contributed by atoms with Gasteiger partial charge in [0.15, 0.2) is 0 Å². The summed E-state index contributed by atoms with van der Waals surface area (Å²) in [6.07, 6.45) is 5.86. The van der Waals surface area contributed by atoms with Crippen molar-refractivity contribution in [2.24, 2.45) is 0 Å². The number of nitrogens with zero attached hydrogens (tertiary/aromatic N) is 3. The third-order valence-corrected chi connectivity index (χ3v) is 8.89. The standard InChI is InChI=1S/C38H21N3O/c1-3-10-33-25(6-1)29-18-22(23-13-15-36-30(19-23)26-7-2-4-11-35(26)42-36)12-14-34(29)41(33)38-28-9-5-8-27-31-20-39-17-16-24(31)32(21-40-38)37(27)28/h1-21H. The fraction of sp³-hybridized carbons (Fsp3) is 0. The highest BCUT2D eigenvalue weighted by Crippen LogP contribution is 2.48. The van der Waals surface area contributed by atoms with Gasteiger partial charge in [0.05, 0.1) is 11.0 Å². The number of fused-ring (bicyclic) bond motifs is 9. The van der Waals surface area contributed by atoms with E-state index in [9.17, 15) is 0 Å². The van der Waals surface area contributed by atoms with E-state index in [1.54, 1.807) is 0 Å². The maximum atomic E-state index is 6.09. The first kappa shape index (κ1) is 22.0. The van der Waals surface area contributed by atoms with Crippen molar-refractivity contribution in [2.75, 3.05) is 0 Å². The molecule has 4 aromatic heterocycles. The zero-order valence-electron chi connectivity index (χ0n) is 22.4. The molecular weight excluding hydrogens is 514 g/mol. The van der Waals surface area contributed by atoms with Gasteiger partial charge in [0.2, 0.25) is 0 Å². The van der Waals surface area contributed by atoms with Gasteiger partial charge in [-0.1, -0.05) is 66.7 Å². The van der Waals surface area contributed by atoms with E-state index in [1.807, 2.05) is 30.7 Å². The molecule has 9 aromatic rings. The van der Waals surface area contributed by atoms with Gasteiger partial charge in [-0.05, 0) is 64.7 Å². The molecule has 0 unspecified atom stereocenters. The topological polar surface area (TPSA) is 43.9 Å². The van der Waals surface area contributed by atoms with Crippen molar-refractivity contribution in [3.8, 4) is 39.2 Å². The molecule has 42 heavy (non-hydrogen) atoms. The molecule has 4 nitrogen and oxygen atoms in total. The van der Waals surface area contributed by atoms with Crippen molar-refractivity contribution in [1.29, 1.82) is 0 Å². The summed E-state index contributed by atoms with van der Waals surface area (Å²) in [5.74, 6) is 0.946. The first-order chi connectivity index (χ1) is 20.8. The molecule has 0 radical (unpaired) electrons. The second-order valence-corrected chi connectivity index (χ2v) is 11.0. The predicted molar refractivity (Wildman–Crippen MR) is 171 cm³/mol. The molecule has 4 heterocycles. The fourth-order valence-corrected chi connectivity index (χ4v) is 7.03. The second kappa shape index (κ2) is 7.93. The minimum Gasteiger partial charge on any atom is -0.456 e. The number of para-hydroxylation sites is 2. The minimum absolute atomic E-state index is 0.911. The van der Waals surface area contributed by atoms with E-state index in [0.717, 1.165) is 44.2 Å². The molecule has 0 fully saturated rings. The van der Waals surface area contributed by atoms with Gasteiger partial charge in [-0.25, -0.2) is 4.98 Å². The Balaban J connectivity index is 1.22. The van der Waals surface area contributed by atoms with Crippen molar-refractivity contribution in [3.63, 3.8) is 0 Å². The lowest BCUT2D eigenvalue weighted by Gasteiger charge is -2.12. The van der Waals surface area contributed by atoms with Crippen LogP contribution in [0.5, 0.6) is 0 Å². The van der Waals surface area contributed by atoms with E-state index in [0.29, 0.717) is 0 Å². The summed E-state index contributed by atoms with van der Waals surface area (Å²) in [5, 5.41) is 7.08.